The van der Waals surface area contributed by atoms with Crippen molar-refractivity contribution in [2.75, 3.05) is 6.54 Å². The first-order valence-electron chi connectivity index (χ1n) is 6.38. The lowest BCUT2D eigenvalue weighted by Crippen LogP contribution is -2.19. The molecule has 2 N–H and O–H groups in total. The highest BCUT2D eigenvalue weighted by molar-refractivity contribution is 4.72. The third-order valence-electron chi connectivity index (χ3n) is 3.49. The molecule has 0 aromatic rings. The van der Waals surface area contributed by atoms with Crippen LogP contribution in [-0.2, 0) is 0 Å². The Bertz CT molecular complexity index is 122. The molecule has 86 valence electrons. The van der Waals surface area contributed by atoms with E-state index in [2.05, 4.69) is 20.8 Å². The zero-order valence-electron chi connectivity index (χ0n) is 10.4. The third kappa shape index (κ3) is 6.42. The fourth-order valence-electron chi connectivity index (χ4n) is 1.98. The van der Waals surface area contributed by atoms with Crippen LogP contribution < -0.4 is 5.73 Å². The second-order valence-corrected chi connectivity index (χ2v) is 4.87. The molecule has 0 aromatic carbocycles. The normalized spacial score (nSPS) is 15.4. The summed E-state index contributed by atoms with van der Waals surface area (Å²) < 4.78 is 0. The van der Waals surface area contributed by atoms with E-state index < -0.39 is 0 Å². The molecule has 0 bridgehead atoms. The summed E-state index contributed by atoms with van der Waals surface area (Å²) in [5.41, 5.74) is 6.16. The molecule has 0 spiro atoms. The molecule has 1 unspecified atom stereocenters. The molecule has 0 heterocycles. The molecule has 0 fully saturated rings. The summed E-state index contributed by atoms with van der Waals surface area (Å²) in [5.74, 6) is 0. The average Bonchev–Trinajstić information content (AvgIpc) is 2.18. The molecule has 0 saturated carbocycles. The fraction of sp³-hybridized carbons (Fsp3) is 1.00. The molecule has 0 radical (unpaired) electrons. The van der Waals surface area contributed by atoms with Crippen LogP contribution >= 0.6 is 0 Å². The lowest BCUT2D eigenvalue weighted by atomic mass is 9.79. The second kappa shape index (κ2) is 8.28. The van der Waals surface area contributed by atoms with Gasteiger partial charge in [0.2, 0.25) is 0 Å². The second-order valence-electron chi connectivity index (χ2n) is 4.87. The molecule has 0 amide bonds. The first-order chi connectivity index (χ1) is 6.68. The maximum absolute atomic E-state index is 5.64. The molecule has 1 heteroatoms. The van der Waals surface area contributed by atoms with Crippen LogP contribution in [0, 0.1) is 5.41 Å². The monoisotopic (exact) mass is 199 g/mol. The topological polar surface area (TPSA) is 26.0 Å². The maximum atomic E-state index is 5.64. The quantitative estimate of drug-likeness (QED) is 0.556. The van der Waals surface area contributed by atoms with Crippen molar-refractivity contribution in [1.82, 2.24) is 0 Å². The van der Waals surface area contributed by atoms with E-state index in [9.17, 15) is 0 Å². The van der Waals surface area contributed by atoms with Crippen molar-refractivity contribution < 1.29 is 0 Å². The molecule has 0 aliphatic carbocycles. The molecular weight excluding hydrogens is 170 g/mol. The highest BCUT2D eigenvalue weighted by Gasteiger charge is 2.19. The summed E-state index contributed by atoms with van der Waals surface area (Å²) in [6, 6.07) is 0. The van der Waals surface area contributed by atoms with E-state index in [1.54, 1.807) is 0 Å². The molecule has 0 aliphatic rings. The SMILES string of the molecule is CCCCCCCC(C)(CC)CCN. The predicted octanol–water partition coefficient (Wildman–Crippen LogP) is 4.11. The highest BCUT2D eigenvalue weighted by atomic mass is 14.5. The molecule has 0 aromatic heterocycles. The molecule has 1 nitrogen and oxygen atoms in total. The number of unbranched alkanes of at least 4 members (excludes halogenated alkanes) is 4. The first kappa shape index (κ1) is 14.0. The Morgan fingerprint density at radius 1 is 0.929 bits per heavy atom. The van der Waals surface area contributed by atoms with Gasteiger partial charge in [-0.25, -0.2) is 0 Å². The maximum Gasteiger partial charge on any atom is -0.00721 e. The molecule has 0 rings (SSSR count). The van der Waals surface area contributed by atoms with Gasteiger partial charge in [-0.05, 0) is 24.8 Å². The molecular formula is C13H29N. The third-order valence-corrected chi connectivity index (χ3v) is 3.49. The van der Waals surface area contributed by atoms with Gasteiger partial charge in [-0.15, -0.1) is 0 Å². The number of hydrogen-bond acceptors (Lipinski definition) is 1. The van der Waals surface area contributed by atoms with Crippen molar-refractivity contribution in [1.29, 1.82) is 0 Å². The van der Waals surface area contributed by atoms with Gasteiger partial charge in [-0.3, -0.25) is 0 Å². The van der Waals surface area contributed by atoms with E-state index in [1.807, 2.05) is 0 Å². The lowest BCUT2D eigenvalue weighted by Gasteiger charge is -2.27. The van der Waals surface area contributed by atoms with Crippen molar-refractivity contribution in [3.05, 3.63) is 0 Å². The summed E-state index contributed by atoms with van der Waals surface area (Å²) >= 11 is 0. The van der Waals surface area contributed by atoms with Crippen molar-refractivity contribution in [3.8, 4) is 0 Å². The summed E-state index contributed by atoms with van der Waals surface area (Å²) in [4.78, 5) is 0. The van der Waals surface area contributed by atoms with Crippen LogP contribution in [0.3, 0.4) is 0 Å². The molecule has 0 saturated heterocycles. The summed E-state index contributed by atoms with van der Waals surface area (Å²) in [6.07, 6.45) is 10.8. The standard InChI is InChI=1S/C13H29N/c1-4-6-7-8-9-10-13(3,5-2)11-12-14/h4-12,14H2,1-3H3. The Hall–Kier alpha value is -0.0400. The van der Waals surface area contributed by atoms with Crippen molar-refractivity contribution >= 4 is 0 Å². The molecule has 0 aliphatic heterocycles. The van der Waals surface area contributed by atoms with E-state index in [4.69, 9.17) is 5.73 Å². The number of nitrogens with two attached hydrogens (primary N) is 1. The Morgan fingerprint density at radius 3 is 2.07 bits per heavy atom. The molecule has 1 atom stereocenters. The van der Waals surface area contributed by atoms with Gasteiger partial charge in [0.25, 0.3) is 0 Å². The zero-order valence-corrected chi connectivity index (χ0v) is 10.4. The predicted molar refractivity (Wildman–Crippen MR) is 65.4 cm³/mol. The zero-order chi connectivity index (χ0) is 10.9. The van der Waals surface area contributed by atoms with Gasteiger partial charge < -0.3 is 5.73 Å². The minimum Gasteiger partial charge on any atom is -0.330 e. The van der Waals surface area contributed by atoms with Gasteiger partial charge in [-0.1, -0.05) is 59.3 Å². The smallest absolute Gasteiger partial charge is 0.00721 e. The van der Waals surface area contributed by atoms with Crippen LogP contribution in [0.1, 0.15) is 72.1 Å². The Labute approximate surface area is 90.5 Å². The number of hydrogen-bond donors (Lipinski definition) is 1. The molecule has 14 heavy (non-hydrogen) atoms. The van der Waals surface area contributed by atoms with Crippen molar-refractivity contribution in [3.63, 3.8) is 0 Å². The van der Waals surface area contributed by atoms with Gasteiger partial charge >= 0.3 is 0 Å². The summed E-state index contributed by atoms with van der Waals surface area (Å²) in [6.45, 7) is 7.80. The fourth-order valence-corrected chi connectivity index (χ4v) is 1.98. The summed E-state index contributed by atoms with van der Waals surface area (Å²) in [7, 11) is 0. The van der Waals surface area contributed by atoms with Crippen molar-refractivity contribution in [2.45, 2.75) is 72.1 Å². The summed E-state index contributed by atoms with van der Waals surface area (Å²) in [5, 5.41) is 0. The average molecular weight is 199 g/mol. The van der Waals surface area contributed by atoms with E-state index in [0.29, 0.717) is 5.41 Å². The Kier molecular flexibility index (Phi) is 8.26. The Morgan fingerprint density at radius 2 is 1.57 bits per heavy atom. The van der Waals surface area contributed by atoms with E-state index in [-0.39, 0.29) is 0 Å². The van der Waals surface area contributed by atoms with Gasteiger partial charge in [0, 0.05) is 0 Å². The van der Waals surface area contributed by atoms with Crippen molar-refractivity contribution in [2.24, 2.45) is 11.1 Å². The lowest BCUT2D eigenvalue weighted by molar-refractivity contribution is 0.255. The van der Waals surface area contributed by atoms with Crippen LogP contribution in [0.4, 0.5) is 0 Å². The van der Waals surface area contributed by atoms with Gasteiger partial charge in [0.05, 0.1) is 0 Å². The minimum atomic E-state index is 0.515. The van der Waals surface area contributed by atoms with E-state index >= 15 is 0 Å². The Balaban J connectivity index is 3.51. The largest absolute Gasteiger partial charge is 0.330 e. The van der Waals surface area contributed by atoms with Gasteiger partial charge in [-0.2, -0.15) is 0 Å². The van der Waals surface area contributed by atoms with E-state index in [0.717, 1.165) is 6.54 Å². The van der Waals surface area contributed by atoms with Crippen LogP contribution in [-0.4, -0.2) is 6.54 Å². The van der Waals surface area contributed by atoms with Crippen LogP contribution in [0.5, 0.6) is 0 Å². The number of rotatable bonds is 9. The van der Waals surface area contributed by atoms with Crippen LogP contribution in [0.25, 0.3) is 0 Å². The van der Waals surface area contributed by atoms with Gasteiger partial charge in [0.1, 0.15) is 0 Å². The van der Waals surface area contributed by atoms with E-state index in [1.165, 1.54) is 51.4 Å². The van der Waals surface area contributed by atoms with Crippen LogP contribution in [0.2, 0.25) is 0 Å². The highest BCUT2D eigenvalue weighted by Crippen LogP contribution is 2.31. The minimum absolute atomic E-state index is 0.515. The van der Waals surface area contributed by atoms with Gasteiger partial charge in [0.15, 0.2) is 0 Å². The first-order valence-corrected chi connectivity index (χ1v) is 6.38. The van der Waals surface area contributed by atoms with Crippen LogP contribution in [0.15, 0.2) is 0 Å².